The van der Waals surface area contributed by atoms with Crippen LogP contribution in [0.4, 0.5) is 0 Å². The van der Waals surface area contributed by atoms with E-state index in [1.54, 1.807) is 19.2 Å². The van der Waals surface area contributed by atoms with Crippen LogP contribution in [0.2, 0.25) is 10.0 Å². The van der Waals surface area contributed by atoms with Gasteiger partial charge in [0, 0.05) is 37.1 Å². The molecule has 156 valence electrons. The number of nitrogens with zero attached hydrogens (tertiary/aromatic N) is 4. The van der Waals surface area contributed by atoms with Crippen LogP contribution in [0.25, 0.3) is 0 Å². The van der Waals surface area contributed by atoms with E-state index in [0.717, 1.165) is 19.3 Å². The average molecular weight is 458 g/mol. The summed E-state index contributed by atoms with van der Waals surface area (Å²) in [5.74, 6) is 0.299. The molecular formula is C18H21Cl2N5O3S. The molecule has 29 heavy (non-hydrogen) atoms. The number of hydrogen-bond donors (Lipinski definition) is 1. The van der Waals surface area contributed by atoms with Gasteiger partial charge in [-0.1, -0.05) is 41.3 Å². The molecule has 1 saturated carbocycles. The monoisotopic (exact) mass is 457 g/mol. The molecule has 0 radical (unpaired) electrons. The van der Waals surface area contributed by atoms with Crippen molar-refractivity contribution in [2.45, 2.75) is 24.3 Å². The predicted octanol–water partition coefficient (Wildman–Crippen LogP) is 2.34. The molecule has 1 saturated heterocycles. The van der Waals surface area contributed by atoms with Crippen molar-refractivity contribution >= 4 is 39.1 Å². The van der Waals surface area contributed by atoms with E-state index in [2.05, 4.69) is 15.6 Å². The average Bonchev–Trinajstić information content (AvgIpc) is 3.33. The fraction of sp³-hybridized carbons (Fsp3) is 0.500. The van der Waals surface area contributed by atoms with Gasteiger partial charge in [-0.15, -0.1) is 5.10 Å². The molecule has 1 aliphatic heterocycles. The highest BCUT2D eigenvalue weighted by molar-refractivity contribution is 7.89. The second-order valence-electron chi connectivity index (χ2n) is 7.92. The maximum atomic E-state index is 12.8. The van der Waals surface area contributed by atoms with Gasteiger partial charge in [-0.25, -0.2) is 13.1 Å². The van der Waals surface area contributed by atoms with Crippen LogP contribution in [0.3, 0.4) is 0 Å². The Bertz CT molecular complexity index is 1050. The van der Waals surface area contributed by atoms with Crippen molar-refractivity contribution in [2.75, 3.05) is 19.6 Å². The summed E-state index contributed by atoms with van der Waals surface area (Å²) in [5, 5.41) is 11.1. The number of benzene rings is 1. The highest BCUT2D eigenvalue weighted by Gasteiger charge is 2.51. The summed E-state index contributed by atoms with van der Waals surface area (Å²) in [6, 6.07) is 4.72. The lowest BCUT2D eigenvalue weighted by Gasteiger charge is -2.49. The topological polar surface area (TPSA) is 97.2 Å². The van der Waals surface area contributed by atoms with Crippen LogP contribution in [0.1, 0.15) is 29.6 Å². The van der Waals surface area contributed by atoms with Gasteiger partial charge >= 0.3 is 0 Å². The highest BCUT2D eigenvalue weighted by atomic mass is 35.5. The number of aryl methyl sites for hydroxylation is 1. The van der Waals surface area contributed by atoms with Crippen molar-refractivity contribution in [3.05, 3.63) is 40.0 Å². The summed E-state index contributed by atoms with van der Waals surface area (Å²) in [7, 11) is -2.11. The number of sulfonamides is 1. The number of amides is 1. The van der Waals surface area contributed by atoms with E-state index in [4.69, 9.17) is 23.2 Å². The second kappa shape index (κ2) is 7.54. The van der Waals surface area contributed by atoms with E-state index in [1.165, 1.54) is 21.3 Å². The first kappa shape index (κ1) is 20.6. The molecule has 1 aromatic heterocycles. The summed E-state index contributed by atoms with van der Waals surface area (Å²) in [6.07, 6.45) is 4.44. The van der Waals surface area contributed by atoms with Crippen LogP contribution < -0.4 is 5.32 Å². The summed E-state index contributed by atoms with van der Waals surface area (Å²) < 4.78 is 28.3. The first-order valence-corrected chi connectivity index (χ1v) is 11.5. The van der Waals surface area contributed by atoms with Gasteiger partial charge in [-0.3, -0.25) is 4.79 Å². The van der Waals surface area contributed by atoms with Crippen LogP contribution in [-0.4, -0.2) is 53.3 Å². The minimum atomic E-state index is -3.66. The lowest BCUT2D eigenvalue weighted by atomic mass is 9.76. The van der Waals surface area contributed by atoms with E-state index in [-0.39, 0.29) is 21.4 Å². The molecule has 2 aliphatic rings. The quantitative estimate of drug-likeness (QED) is 0.687. The van der Waals surface area contributed by atoms with Gasteiger partial charge in [-0.05, 0) is 30.5 Å². The summed E-state index contributed by atoms with van der Waals surface area (Å²) in [5.41, 5.74) is 0.0665. The number of aromatic nitrogens is 3. The van der Waals surface area contributed by atoms with Gasteiger partial charge in [0.15, 0.2) is 5.03 Å². The van der Waals surface area contributed by atoms with Gasteiger partial charge in [0.1, 0.15) is 0 Å². The summed E-state index contributed by atoms with van der Waals surface area (Å²) in [6.45, 7) is 1.09. The molecule has 1 N–H and O–H groups in total. The van der Waals surface area contributed by atoms with Crippen LogP contribution >= 0.6 is 23.2 Å². The number of nitrogens with one attached hydrogen (secondary N) is 1. The third kappa shape index (κ3) is 4.14. The van der Waals surface area contributed by atoms with E-state index >= 15 is 0 Å². The third-order valence-corrected chi connectivity index (χ3v) is 7.90. The Balaban J connectivity index is 1.45. The molecule has 2 heterocycles. The number of rotatable bonds is 7. The molecule has 0 spiro atoms. The zero-order valence-corrected chi connectivity index (χ0v) is 18.1. The zero-order chi connectivity index (χ0) is 20.8. The fourth-order valence-corrected chi connectivity index (χ4v) is 6.00. The number of carbonyl (C=O) groups is 1. The fourth-order valence-electron chi connectivity index (χ4n) is 3.80. The van der Waals surface area contributed by atoms with Gasteiger partial charge in [0.05, 0.1) is 16.8 Å². The smallest absolute Gasteiger partial charge is 0.261 e. The van der Waals surface area contributed by atoms with E-state index in [0.29, 0.717) is 36.1 Å². The highest BCUT2D eigenvalue weighted by Crippen LogP contribution is 2.46. The minimum absolute atomic E-state index is 0.0644. The molecule has 1 amide bonds. The first-order chi connectivity index (χ1) is 13.7. The largest absolute Gasteiger partial charge is 0.351 e. The van der Waals surface area contributed by atoms with E-state index in [1.807, 2.05) is 0 Å². The second-order valence-corrected chi connectivity index (χ2v) is 10.7. The summed E-state index contributed by atoms with van der Waals surface area (Å²) >= 11 is 12.0. The predicted molar refractivity (Wildman–Crippen MR) is 108 cm³/mol. The Morgan fingerprint density at radius 1 is 1.31 bits per heavy atom. The number of carbonyl (C=O) groups excluding carboxylic acids is 1. The Labute approximate surface area is 179 Å². The Hall–Kier alpha value is -1.68. The van der Waals surface area contributed by atoms with Gasteiger partial charge in [-0.2, -0.15) is 4.31 Å². The molecule has 11 heteroatoms. The minimum Gasteiger partial charge on any atom is -0.351 e. The van der Waals surface area contributed by atoms with E-state index < -0.39 is 10.0 Å². The molecule has 4 rings (SSSR count). The number of hydrogen-bond acceptors (Lipinski definition) is 5. The van der Waals surface area contributed by atoms with Crippen LogP contribution in [0.15, 0.2) is 29.4 Å². The Morgan fingerprint density at radius 2 is 2.03 bits per heavy atom. The van der Waals surface area contributed by atoms with Crippen molar-refractivity contribution in [3.8, 4) is 0 Å². The molecule has 0 unspecified atom stereocenters. The lowest BCUT2D eigenvalue weighted by molar-refractivity contribution is 0.0503. The Morgan fingerprint density at radius 3 is 2.62 bits per heavy atom. The molecule has 0 atom stereocenters. The van der Waals surface area contributed by atoms with Crippen molar-refractivity contribution in [1.82, 2.24) is 24.6 Å². The molecule has 0 bridgehead atoms. The Kier molecular flexibility index (Phi) is 5.35. The molecule has 2 aromatic rings. The normalized spacial score (nSPS) is 19.0. The van der Waals surface area contributed by atoms with Crippen LogP contribution in [-0.2, 0) is 17.1 Å². The lowest BCUT2D eigenvalue weighted by Crippen LogP contribution is -2.62. The van der Waals surface area contributed by atoms with Crippen molar-refractivity contribution < 1.29 is 13.2 Å². The van der Waals surface area contributed by atoms with Crippen molar-refractivity contribution in [3.63, 3.8) is 0 Å². The van der Waals surface area contributed by atoms with Crippen LogP contribution in [0.5, 0.6) is 0 Å². The van der Waals surface area contributed by atoms with Crippen LogP contribution in [0, 0.1) is 11.3 Å². The maximum absolute atomic E-state index is 12.8. The molecule has 8 nitrogen and oxygen atoms in total. The molecule has 1 aliphatic carbocycles. The van der Waals surface area contributed by atoms with Crippen molar-refractivity contribution in [1.29, 1.82) is 0 Å². The molecule has 2 fully saturated rings. The van der Waals surface area contributed by atoms with Gasteiger partial charge in [0.2, 0.25) is 0 Å². The van der Waals surface area contributed by atoms with E-state index in [9.17, 15) is 13.2 Å². The first-order valence-electron chi connectivity index (χ1n) is 9.28. The molecular weight excluding hydrogens is 437 g/mol. The molecule has 1 aromatic carbocycles. The van der Waals surface area contributed by atoms with Gasteiger partial charge < -0.3 is 5.32 Å². The van der Waals surface area contributed by atoms with Crippen molar-refractivity contribution in [2.24, 2.45) is 18.4 Å². The SMILES string of the molecule is Cn1nncc1S(=O)(=O)N1CC(CNC(=O)c2ccc(Cl)cc2Cl)(CC2CC2)C1. The maximum Gasteiger partial charge on any atom is 0.261 e. The summed E-state index contributed by atoms with van der Waals surface area (Å²) in [4.78, 5) is 12.6. The zero-order valence-electron chi connectivity index (χ0n) is 15.8. The number of halogens is 2. The standard InChI is InChI=1S/C18H21Cl2N5O3S/c1-24-16(8-22-23-24)29(27,28)25-10-18(11-25,7-12-2-3-12)9-21-17(26)14-5-4-13(19)6-15(14)20/h4-6,8,12H,2-3,7,9-11H2,1H3,(H,21,26). The van der Waals surface area contributed by atoms with Gasteiger partial charge in [0.25, 0.3) is 15.9 Å². The third-order valence-electron chi connectivity index (χ3n) is 5.52.